The molecule has 2 aromatic heterocycles. The van der Waals surface area contributed by atoms with Gasteiger partial charge in [-0.3, -0.25) is 0 Å². The lowest BCUT2D eigenvalue weighted by atomic mass is 10.1. The highest BCUT2D eigenvalue weighted by molar-refractivity contribution is 5.84. The van der Waals surface area contributed by atoms with Crippen LogP contribution in [0.3, 0.4) is 0 Å². The second kappa shape index (κ2) is 6.04. The van der Waals surface area contributed by atoms with Crippen LogP contribution in [0.15, 0.2) is 28.9 Å². The molecule has 4 rings (SSSR count). The number of ether oxygens (including phenoxy) is 2. The Bertz CT molecular complexity index is 802. The van der Waals surface area contributed by atoms with E-state index >= 15 is 0 Å². The zero-order chi connectivity index (χ0) is 15.6. The van der Waals surface area contributed by atoms with Crippen LogP contribution >= 0.6 is 0 Å². The molecule has 120 valence electrons. The van der Waals surface area contributed by atoms with Crippen molar-refractivity contribution in [1.29, 1.82) is 0 Å². The average Bonchev–Trinajstić information content (AvgIpc) is 3.23. The summed E-state index contributed by atoms with van der Waals surface area (Å²) in [6.07, 6.45) is 5.75. The van der Waals surface area contributed by atoms with E-state index in [9.17, 15) is 0 Å². The number of H-pyrrole nitrogens is 1. The number of hydrogen-bond donors (Lipinski definition) is 1. The van der Waals surface area contributed by atoms with Gasteiger partial charge in [0.15, 0.2) is 5.82 Å². The zero-order valence-corrected chi connectivity index (χ0v) is 13.0. The highest BCUT2D eigenvalue weighted by Gasteiger charge is 2.22. The Kier molecular flexibility index (Phi) is 3.75. The lowest BCUT2D eigenvalue weighted by Crippen LogP contribution is -2.11. The summed E-state index contributed by atoms with van der Waals surface area (Å²) in [5.74, 6) is 2.11. The monoisotopic (exact) mass is 313 g/mol. The Morgan fingerprint density at radius 3 is 3.13 bits per heavy atom. The summed E-state index contributed by atoms with van der Waals surface area (Å²) in [4.78, 5) is 7.77. The highest BCUT2D eigenvalue weighted by Crippen LogP contribution is 2.28. The van der Waals surface area contributed by atoms with Crippen molar-refractivity contribution in [3.8, 4) is 5.75 Å². The van der Waals surface area contributed by atoms with Crippen molar-refractivity contribution in [3.05, 3.63) is 41.7 Å². The summed E-state index contributed by atoms with van der Waals surface area (Å²) in [7, 11) is 1.67. The SMILES string of the molecule is COc1ccc2[nH]cc(Cc3noc(C4CCCCO4)n3)c2c1. The number of rotatable bonds is 4. The van der Waals surface area contributed by atoms with Gasteiger partial charge in [-0.1, -0.05) is 5.16 Å². The van der Waals surface area contributed by atoms with Gasteiger partial charge in [-0.15, -0.1) is 0 Å². The molecule has 6 nitrogen and oxygen atoms in total. The first kappa shape index (κ1) is 14.3. The van der Waals surface area contributed by atoms with Crippen LogP contribution in [0, 0.1) is 0 Å². The quantitative estimate of drug-likeness (QED) is 0.799. The van der Waals surface area contributed by atoms with Gasteiger partial charge in [0.2, 0.25) is 0 Å². The lowest BCUT2D eigenvalue weighted by Gasteiger charge is -2.18. The Labute approximate surface area is 133 Å². The van der Waals surface area contributed by atoms with E-state index in [4.69, 9.17) is 14.0 Å². The van der Waals surface area contributed by atoms with E-state index in [0.29, 0.717) is 18.1 Å². The topological polar surface area (TPSA) is 73.2 Å². The van der Waals surface area contributed by atoms with Crippen molar-refractivity contribution < 1.29 is 14.0 Å². The molecule has 0 spiro atoms. The Hall–Kier alpha value is -2.34. The minimum absolute atomic E-state index is 0.0481. The predicted octanol–water partition coefficient (Wildman–Crippen LogP) is 3.39. The third kappa shape index (κ3) is 2.82. The smallest absolute Gasteiger partial charge is 0.255 e. The normalized spacial score (nSPS) is 18.4. The summed E-state index contributed by atoms with van der Waals surface area (Å²) >= 11 is 0. The van der Waals surface area contributed by atoms with E-state index in [0.717, 1.165) is 48.1 Å². The molecule has 1 saturated heterocycles. The number of aromatic nitrogens is 3. The standard InChI is InChI=1S/C17H19N3O3/c1-21-12-5-6-14-13(9-12)11(10-18-14)8-16-19-17(23-20-16)15-4-2-3-7-22-15/h5-6,9-10,15,18H,2-4,7-8H2,1H3. The van der Waals surface area contributed by atoms with Crippen LogP contribution in [0.1, 0.15) is 42.6 Å². The number of benzene rings is 1. The van der Waals surface area contributed by atoms with E-state index in [1.807, 2.05) is 24.4 Å². The molecule has 0 bridgehead atoms. The van der Waals surface area contributed by atoms with Crippen molar-refractivity contribution in [3.63, 3.8) is 0 Å². The maximum atomic E-state index is 5.69. The maximum Gasteiger partial charge on any atom is 0.255 e. The molecule has 3 heterocycles. The molecule has 1 unspecified atom stereocenters. The first-order valence-electron chi connectivity index (χ1n) is 7.91. The third-order valence-corrected chi connectivity index (χ3v) is 4.26. The van der Waals surface area contributed by atoms with Crippen molar-refractivity contribution in [2.45, 2.75) is 31.8 Å². The number of fused-ring (bicyclic) bond motifs is 1. The van der Waals surface area contributed by atoms with E-state index in [2.05, 4.69) is 15.1 Å². The number of methoxy groups -OCH3 is 1. The van der Waals surface area contributed by atoms with Crippen LogP contribution in [-0.4, -0.2) is 28.8 Å². The molecule has 0 saturated carbocycles. The molecule has 1 fully saturated rings. The molecule has 1 aromatic carbocycles. The molecule has 23 heavy (non-hydrogen) atoms. The summed E-state index contributed by atoms with van der Waals surface area (Å²) in [6, 6.07) is 5.97. The minimum Gasteiger partial charge on any atom is -0.497 e. The fourth-order valence-electron chi connectivity index (χ4n) is 3.01. The van der Waals surface area contributed by atoms with E-state index in [-0.39, 0.29) is 6.10 Å². The second-order valence-corrected chi connectivity index (χ2v) is 5.81. The first-order valence-corrected chi connectivity index (χ1v) is 7.91. The van der Waals surface area contributed by atoms with Crippen LogP contribution < -0.4 is 4.74 Å². The van der Waals surface area contributed by atoms with Crippen LogP contribution in [0.25, 0.3) is 10.9 Å². The fraction of sp³-hybridized carbons (Fsp3) is 0.412. The third-order valence-electron chi connectivity index (χ3n) is 4.26. The highest BCUT2D eigenvalue weighted by atomic mass is 16.5. The molecule has 6 heteroatoms. The van der Waals surface area contributed by atoms with Gasteiger partial charge in [-0.2, -0.15) is 4.98 Å². The van der Waals surface area contributed by atoms with Gasteiger partial charge in [-0.25, -0.2) is 0 Å². The van der Waals surface area contributed by atoms with E-state index in [1.165, 1.54) is 0 Å². The Morgan fingerprint density at radius 1 is 1.35 bits per heavy atom. The van der Waals surface area contributed by atoms with Gasteiger partial charge >= 0.3 is 0 Å². The van der Waals surface area contributed by atoms with Gasteiger partial charge in [0.1, 0.15) is 11.9 Å². The molecule has 1 aliphatic heterocycles. The van der Waals surface area contributed by atoms with Crippen molar-refractivity contribution in [2.24, 2.45) is 0 Å². The van der Waals surface area contributed by atoms with Crippen LogP contribution in [-0.2, 0) is 11.2 Å². The minimum atomic E-state index is -0.0481. The van der Waals surface area contributed by atoms with Gasteiger partial charge in [0.05, 0.1) is 7.11 Å². The van der Waals surface area contributed by atoms with Gasteiger partial charge in [0.25, 0.3) is 5.89 Å². The Balaban J connectivity index is 1.57. The van der Waals surface area contributed by atoms with Crippen molar-refractivity contribution >= 4 is 10.9 Å². The Morgan fingerprint density at radius 2 is 2.30 bits per heavy atom. The predicted molar refractivity (Wildman–Crippen MR) is 84.5 cm³/mol. The van der Waals surface area contributed by atoms with Gasteiger partial charge < -0.3 is 19.0 Å². The largest absolute Gasteiger partial charge is 0.497 e. The summed E-state index contributed by atoms with van der Waals surface area (Å²) < 4.78 is 16.4. The van der Waals surface area contributed by atoms with Crippen molar-refractivity contribution in [1.82, 2.24) is 15.1 Å². The van der Waals surface area contributed by atoms with Crippen molar-refractivity contribution in [2.75, 3.05) is 13.7 Å². The molecular formula is C17H19N3O3. The number of aromatic amines is 1. The van der Waals surface area contributed by atoms with Crippen LogP contribution in [0.5, 0.6) is 5.75 Å². The molecule has 1 N–H and O–H groups in total. The summed E-state index contributed by atoms with van der Waals surface area (Å²) in [5, 5.41) is 5.22. The van der Waals surface area contributed by atoms with Gasteiger partial charge in [0, 0.05) is 30.1 Å². The first-order chi connectivity index (χ1) is 11.3. The number of nitrogens with zero attached hydrogens (tertiary/aromatic N) is 2. The number of nitrogens with one attached hydrogen (secondary N) is 1. The molecule has 0 radical (unpaired) electrons. The molecular weight excluding hydrogens is 294 g/mol. The van der Waals surface area contributed by atoms with E-state index in [1.54, 1.807) is 7.11 Å². The van der Waals surface area contributed by atoms with Gasteiger partial charge in [-0.05, 0) is 43.0 Å². The zero-order valence-electron chi connectivity index (χ0n) is 13.0. The molecule has 0 amide bonds. The molecule has 3 aromatic rings. The maximum absolute atomic E-state index is 5.69. The van der Waals surface area contributed by atoms with Crippen LogP contribution in [0.2, 0.25) is 0 Å². The molecule has 0 aliphatic carbocycles. The number of hydrogen-bond acceptors (Lipinski definition) is 5. The summed E-state index contributed by atoms with van der Waals surface area (Å²) in [6.45, 7) is 0.768. The van der Waals surface area contributed by atoms with E-state index < -0.39 is 0 Å². The fourth-order valence-corrected chi connectivity index (χ4v) is 3.01. The lowest BCUT2D eigenvalue weighted by molar-refractivity contribution is -0.00459. The molecule has 1 atom stereocenters. The summed E-state index contributed by atoms with van der Waals surface area (Å²) in [5.41, 5.74) is 2.19. The van der Waals surface area contributed by atoms with Crippen LogP contribution in [0.4, 0.5) is 0 Å². The molecule has 1 aliphatic rings. The second-order valence-electron chi connectivity index (χ2n) is 5.81. The average molecular weight is 313 g/mol.